The zero-order valence-electron chi connectivity index (χ0n) is 13.6. The maximum Gasteiger partial charge on any atom is 0.225 e. The molecule has 1 aliphatic rings. The van der Waals surface area contributed by atoms with Crippen LogP contribution in [0.3, 0.4) is 0 Å². The Bertz CT molecular complexity index is 826. The molecule has 1 saturated heterocycles. The van der Waals surface area contributed by atoms with Gasteiger partial charge in [-0.15, -0.1) is 0 Å². The van der Waals surface area contributed by atoms with Gasteiger partial charge in [-0.1, -0.05) is 30.3 Å². The molecule has 1 fully saturated rings. The van der Waals surface area contributed by atoms with Gasteiger partial charge < -0.3 is 9.32 Å². The second kappa shape index (κ2) is 6.69. The van der Waals surface area contributed by atoms with Gasteiger partial charge in [-0.25, -0.2) is 9.97 Å². The van der Waals surface area contributed by atoms with E-state index in [0.717, 1.165) is 58.7 Å². The molecule has 3 heterocycles. The van der Waals surface area contributed by atoms with Crippen LogP contribution in [0, 0.1) is 6.92 Å². The van der Waals surface area contributed by atoms with Gasteiger partial charge in [-0.3, -0.25) is 0 Å². The fourth-order valence-electron chi connectivity index (χ4n) is 2.95. The SMILES string of the molecule is Cc1occc1-c1nc(N2CCSCC2)ncc1-c1ccccc1. The number of anilines is 1. The Labute approximate surface area is 145 Å². The lowest BCUT2D eigenvalue weighted by Gasteiger charge is -2.27. The predicted octanol–water partition coefficient (Wildman–Crippen LogP) is 4.27. The van der Waals surface area contributed by atoms with Gasteiger partial charge in [0.25, 0.3) is 0 Å². The van der Waals surface area contributed by atoms with E-state index >= 15 is 0 Å². The Hall–Kier alpha value is -2.27. The van der Waals surface area contributed by atoms with Crippen molar-refractivity contribution in [2.75, 3.05) is 29.5 Å². The first kappa shape index (κ1) is 15.3. The van der Waals surface area contributed by atoms with E-state index in [4.69, 9.17) is 9.40 Å². The summed E-state index contributed by atoms with van der Waals surface area (Å²) >= 11 is 1.99. The van der Waals surface area contributed by atoms with Gasteiger partial charge in [0.15, 0.2) is 0 Å². The minimum absolute atomic E-state index is 0.811. The summed E-state index contributed by atoms with van der Waals surface area (Å²) in [6.45, 7) is 3.97. The first-order valence-electron chi connectivity index (χ1n) is 8.12. The van der Waals surface area contributed by atoms with Gasteiger partial charge in [-0.2, -0.15) is 11.8 Å². The van der Waals surface area contributed by atoms with E-state index < -0.39 is 0 Å². The molecule has 4 nitrogen and oxygen atoms in total. The van der Waals surface area contributed by atoms with Crippen LogP contribution in [0.2, 0.25) is 0 Å². The van der Waals surface area contributed by atoms with Gasteiger partial charge in [-0.05, 0) is 18.6 Å². The summed E-state index contributed by atoms with van der Waals surface area (Å²) in [5.74, 6) is 3.95. The molecule has 1 aliphatic heterocycles. The topological polar surface area (TPSA) is 42.2 Å². The summed E-state index contributed by atoms with van der Waals surface area (Å²) in [6.07, 6.45) is 3.67. The van der Waals surface area contributed by atoms with Crippen LogP contribution in [0.25, 0.3) is 22.4 Å². The number of benzene rings is 1. The summed E-state index contributed by atoms with van der Waals surface area (Å²) in [5.41, 5.74) is 4.13. The molecule has 4 rings (SSSR count). The molecular formula is C19H19N3OS. The van der Waals surface area contributed by atoms with Crippen molar-refractivity contribution < 1.29 is 4.42 Å². The highest BCUT2D eigenvalue weighted by molar-refractivity contribution is 7.99. The minimum atomic E-state index is 0.811. The number of aryl methyl sites for hydroxylation is 1. The van der Waals surface area contributed by atoms with Crippen molar-refractivity contribution >= 4 is 17.7 Å². The van der Waals surface area contributed by atoms with E-state index in [1.807, 2.05) is 49.1 Å². The van der Waals surface area contributed by atoms with E-state index in [1.54, 1.807) is 6.26 Å². The van der Waals surface area contributed by atoms with E-state index in [9.17, 15) is 0 Å². The first-order valence-corrected chi connectivity index (χ1v) is 9.28. The second-order valence-electron chi connectivity index (χ2n) is 5.79. The molecule has 0 saturated carbocycles. The van der Waals surface area contributed by atoms with Crippen LogP contribution in [0.5, 0.6) is 0 Å². The standard InChI is InChI=1S/C19H19N3OS/c1-14-16(7-10-23-14)18-17(15-5-3-2-4-6-15)13-20-19(21-18)22-8-11-24-12-9-22/h2-7,10,13H,8-9,11-12H2,1H3. The van der Waals surface area contributed by atoms with Crippen molar-refractivity contribution in [3.05, 3.63) is 54.6 Å². The molecule has 0 amide bonds. The summed E-state index contributed by atoms with van der Waals surface area (Å²) in [5, 5.41) is 0. The predicted molar refractivity (Wildman–Crippen MR) is 99.4 cm³/mol. The number of nitrogens with zero attached hydrogens (tertiary/aromatic N) is 3. The number of aromatic nitrogens is 2. The molecule has 3 aromatic rings. The average Bonchev–Trinajstić information content (AvgIpc) is 3.08. The molecule has 5 heteroatoms. The third-order valence-electron chi connectivity index (χ3n) is 4.27. The van der Waals surface area contributed by atoms with Crippen LogP contribution in [-0.4, -0.2) is 34.6 Å². The average molecular weight is 337 g/mol. The molecule has 1 aromatic carbocycles. The van der Waals surface area contributed by atoms with Crippen LogP contribution in [0.1, 0.15) is 5.76 Å². The van der Waals surface area contributed by atoms with E-state index in [0.29, 0.717) is 0 Å². The lowest BCUT2D eigenvalue weighted by molar-refractivity contribution is 0.535. The molecular weight excluding hydrogens is 318 g/mol. The number of rotatable bonds is 3. The van der Waals surface area contributed by atoms with Crippen LogP contribution < -0.4 is 4.90 Å². The number of hydrogen-bond acceptors (Lipinski definition) is 5. The maximum atomic E-state index is 5.52. The van der Waals surface area contributed by atoms with Crippen LogP contribution in [0.15, 0.2) is 53.3 Å². The smallest absolute Gasteiger partial charge is 0.225 e. The highest BCUT2D eigenvalue weighted by Crippen LogP contribution is 2.33. The normalized spacial score (nSPS) is 14.8. The van der Waals surface area contributed by atoms with E-state index in [1.165, 1.54) is 0 Å². The minimum Gasteiger partial charge on any atom is -0.469 e. The zero-order valence-corrected chi connectivity index (χ0v) is 14.4. The molecule has 122 valence electrons. The third-order valence-corrected chi connectivity index (χ3v) is 5.21. The lowest BCUT2D eigenvalue weighted by Crippen LogP contribution is -2.33. The Morgan fingerprint density at radius 1 is 1.04 bits per heavy atom. The van der Waals surface area contributed by atoms with Crippen LogP contribution in [0.4, 0.5) is 5.95 Å². The maximum absolute atomic E-state index is 5.52. The summed E-state index contributed by atoms with van der Waals surface area (Å²) in [6, 6.07) is 12.3. The van der Waals surface area contributed by atoms with Gasteiger partial charge in [0.1, 0.15) is 5.76 Å². The monoisotopic (exact) mass is 337 g/mol. The van der Waals surface area contributed by atoms with Crippen molar-refractivity contribution in [1.29, 1.82) is 0 Å². The molecule has 0 bridgehead atoms. The van der Waals surface area contributed by atoms with Crippen molar-refractivity contribution in [3.63, 3.8) is 0 Å². The Morgan fingerprint density at radius 3 is 2.54 bits per heavy atom. The molecule has 0 N–H and O–H groups in total. The fourth-order valence-corrected chi connectivity index (χ4v) is 3.86. The molecule has 24 heavy (non-hydrogen) atoms. The third kappa shape index (κ3) is 2.91. The van der Waals surface area contributed by atoms with Crippen LogP contribution in [-0.2, 0) is 0 Å². The largest absolute Gasteiger partial charge is 0.469 e. The van der Waals surface area contributed by atoms with Crippen molar-refractivity contribution in [1.82, 2.24) is 9.97 Å². The lowest BCUT2D eigenvalue weighted by atomic mass is 10.0. The van der Waals surface area contributed by atoms with Crippen molar-refractivity contribution in [3.8, 4) is 22.4 Å². The highest BCUT2D eigenvalue weighted by Gasteiger charge is 2.19. The van der Waals surface area contributed by atoms with Crippen LogP contribution >= 0.6 is 11.8 Å². The van der Waals surface area contributed by atoms with E-state index in [-0.39, 0.29) is 0 Å². The molecule has 2 aromatic heterocycles. The molecule has 0 aliphatic carbocycles. The molecule has 0 radical (unpaired) electrons. The fraction of sp³-hybridized carbons (Fsp3) is 0.263. The van der Waals surface area contributed by atoms with Gasteiger partial charge >= 0.3 is 0 Å². The Morgan fingerprint density at radius 2 is 1.83 bits per heavy atom. The Balaban J connectivity index is 1.83. The highest BCUT2D eigenvalue weighted by atomic mass is 32.2. The zero-order chi connectivity index (χ0) is 16.4. The second-order valence-corrected chi connectivity index (χ2v) is 7.01. The van der Waals surface area contributed by atoms with Crippen molar-refractivity contribution in [2.45, 2.75) is 6.92 Å². The summed E-state index contributed by atoms with van der Waals surface area (Å²) < 4.78 is 5.52. The van der Waals surface area contributed by atoms with E-state index in [2.05, 4.69) is 22.0 Å². The summed E-state index contributed by atoms with van der Waals surface area (Å²) in [7, 11) is 0. The van der Waals surface area contributed by atoms with Crippen molar-refractivity contribution in [2.24, 2.45) is 0 Å². The number of hydrogen-bond donors (Lipinski definition) is 0. The molecule has 0 spiro atoms. The number of thioether (sulfide) groups is 1. The molecule has 0 atom stereocenters. The Kier molecular flexibility index (Phi) is 4.26. The quantitative estimate of drug-likeness (QED) is 0.714. The first-order chi connectivity index (χ1) is 11.8. The number of furan rings is 1. The van der Waals surface area contributed by atoms with Gasteiger partial charge in [0.2, 0.25) is 5.95 Å². The summed E-state index contributed by atoms with van der Waals surface area (Å²) in [4.78, 5) is 11.8. The van der Waals surface area contributed by atoms with Gasteiger partial charge in [0, 0.05) is 41.9 Å². The van der Waals surface area contributed by atoms with Gasteiger partial charge in [0.05, 0.1) is 12.0 Å². The molecule has 0 unspecified atom stereocenters.